The number of aliphatic hydroxyl groups excluding tert-OH is 1. The number of anilines is 2. The fourth-order valence-electron chi connectivity index (χ4n) is 4.19. The number of para-hydroxylation sites is 1. The van der Waals surface area contributed by atoms with E-state index < -0.39 is 5.92 Å². The predicted molar refractivity (Wildman–Crippen MR) is 119 cm³/mol. The summed E-state index contributed by atoms with van der Waals surface area (Å²) in [6.07, 6.45) is 3.73. The summed E-state index contributed by atoms with van der Waals surface area (Å²) in [5, 5.41) is 12.6. The van der Waals surface area contributed by atoms with Gasteiger partial charge in [-0.1, -0.05) is 18.2 Å². The van der Waals surface area contributed by atoms with Gasteiger partial charge in [0.25, 0.3) is 0 Å². The third-order valence-electron chi connectivity index (χ3n) is 5.63. The SMILES string of the molecule is COC(=O)C1CC(=O)c2c(Nc3ccccc3)c(-c3ccncc3OCCO)n(C)c2C1. The maximum atomic E-state index is 13.2. The first-order valence-corrected chi connectivity index (χ1v) is 10.4. The van der Waals surface area contributed by atoms with E-state index in [2.05, 4.69) is 10.3 Å². The Morgan fingerprint density at radius 3 is 2.75 bits per heavy atom. The average Bonchev–Trinajstić information content (AvgIpc) is 3.09. The molecule has 0 spiro atoms. The number of carbonyl (C=O) groups excluding carboxylic acids is 2. The monoisotopic (exact) mass is 435 g/mol. The second kappa shape index (κ2) is 9.23. The van der Waals surface area contributed by atoms with Crippen molar-refractivity contribution in [1.82, 2.24) is 9.55 Å². The summed E-state index contributed by atoms with van der Waals surface area (Å²) >= 11 is 0. The molecule has 0 fully saturated rings. The van der Waals surface area contributed by atoms with Gasteiger partial charge in [0.15, 0.2) is 5.78 Å². The molecule has 8 nitrogen and oxygen atoms in total. The quantitative estimate of drug-likeness (QED) is 0.550. The summed E-state index contributed by atoms with van der Waals surface area (Å²) in [5.41, 5.74) is 4.28. The average molecular weight is 435 g/mol. The first kappa shape index (κ1) is 21.6. The van der Waals surface area contributed by atoms with E-state index in [1.807, 2.05) is 48.0 Å². The molecule has 8 heteroatoms. The van der Waals surface area contributed by atoms with E-state index in [1.54, 1.807) is 12.4 Å². The minimum atomic E-state index is -0.520. The van der Waals surface area contributed by atoms with Crippen LogP contribution in [-0.4, -0.2) is 46.7 Å². The number of nitrogens with one attached hydrogen (secondary N) is 1. The lowest BCUT2D eigenvalue weighted by Crippen LogP contribution is -2.28. The molecular weight excluding hydrogens is 410 g/mol. The molecule has 3 aromatic rings. The summed E-state index contributed by atoms with van der Waals surface area (Å²) in [7, 11) is 3.20. The van der Waals surface area contributed by atoms with E-state index in [0.29, 0.717) is 23.4 Å². The topological polar surface area (TPSA) is 103 Å². The van der Waals surface area contributed by atoms with Crippen LogP contribution in [0.2, 0.25) is 0 Å². The Labute approximate surface area is 185 Å². The number of ether oxygens (including phenoxy) is 2. The molecule has 0 aliphatic heterocycles. The van der Waals surface area contributed by atoms with E-state index in [4.69, 9.17) is 9.47 Å². The second-order valence-electron chi connectivity index (χ2n) is 7.59. The second-order valence-corrected chi connectivity index (χ2v) is 7.59. The molecule has 1 aliphatic carbocycles. The van der Waals surface area contributed by atoms with Crippen molar-refractivity contribution in [2.75, 3.05) is 25.6 Å². The van der Waals surface area contributed by atoms with Crippen molar-refractivity contribution in [2.45, 2.75) is 12.8 Å². The van der Waals surface area contributed by atoms with Crippen LogP contribution in [0.25, 0.3) is 11.3 Å². The third-order valence-corrected chi connectivity index (χ3v) is 5.63. The van der Waals surface area contributed by atoms with E-state index in [-0.39, 0.29) is 31.4 Å². The zero-order valence-electron chi connectivity index (χ0n) is 18.0. The number of fused-ring (bicyclic) bond motifs is 1. The summed E-state index contributed by atoms with van der Waals surface area (Å²) < 4.78 is 12.6. The van der Waals surface area contributed by atoms with Crippen LogP contribution >= 0.6 is 0 Å². The number of rotatable bonds is 7. The van der Waals surface area contributed by atoms with Gasteiger partial charge in [0.1, 0.15) is 12.4 Å². The third kappa shape index (κ3) is 3.97. The first-order valence-electron chi connectivity index (χ1n) is 10.4. The zero-order valence-corrected chi connectivity index (χ0v) is 18.0. The lowest BCUT2D eigenvalue weighted by atomic mass is 9.86. The maximum Gasteiger partial charge on any atom is 0.309 e. The lowest BCUT2D eigenvalue weighted by Gasteiger charge is -2.21. The molecular formula is C24H25N3O5. The predicted octanol–water partition coefficient (Wildman–Crippen LogP) is 3.12. The van der Waals surface area contributed by atoms with E-state index in [1.165, 1.54) is 7.11 Å². The summed E-state index contributed by atoms with van der Waals surface area (Å²) in [5.74, 6) is -0.532. The van der Waals surface area contributed by atoms with Crippen LogP contribution in [0, 0.1) is 5.92 Å². The number of hydrogen-bond acceptors (Lipinski definition) is 7. The molecule has 0 bridgehead atoms. The van der Waals surface area contributed by atoms with E-state index in [9.17, 15) is 14.7 Å². The number of methoxy groups -OCH3 is 1. The summed E-state index contributed by atoms with van der Waals surface area (Å²) in [6.45, 7) is -0.0139. The maximum absolute atomic E-state index is 13.2. The number of aromatic nitrogens is 2. The van der Waals surface area contributed by atoms with Gasteiger partial charge in [-0.25, -0.2) is 0 Å². The molecule has 1 unspecified atom stereocenters. The number of nitrogens with zero attached hydrogens (tertiary/aromatic N) is 2. The lowest BCUT2D eigenvalue weighted by molar-refractivity contribution is -0.145. The highest BCUT2D eigenvalue weighted by Gasteiger charge is 2.37. The molecule has 0 saturated heterocycles. The minimum Gasteiger partial charge on any atom is -0.489 e. The molecule has 0 amide bonds. The molecule has 4 rings (SSSR count). The Morgan fingerprint density at radius 1 is 1.25 bits per heavy atom. The van der Waals surface area contributed by atoms with Crippen molar-refractivity contribution in [1.29, 1.82) is 0 Å². The van der Waals surface area contributed by atoms with Gasteiger partial charge in [-0.05, 0) is 18.2 Å². The Balaban J connectivity index is 1.90. The Hall–Kier alpha value is -3.65. The number of ketones is 1. The smallest absolute Gasteiger partial charge is 0.309 e. The van der Waals surface area contributed by atoms with Gasteiger partial charge in [-0.2, -0.15) is 0 Å². The first-order chi connectivity index (χ1) is 15.5. The molecule has 2 aromatic heterocycles. The number of esters is 1. The highest BCUT2D eigenvalue weighted by molar-refractivity contribution is 6.09. The van der Waals surface area contributed by atoms with Gasteiger partial charge in [0.05, 0.1) is 42.8 Å². The van der Waals surface area contributed by atoms with Gasteiger partial charge < -0.3 is 24.5 Å². The zero-order chi connectivity index (χ0) is 22.7. The van der Waals surface area contributed by atoms with Crippen LogP contribution in [0.3, 0.4) is 0 Å². The van der Waals surface area contributed by atoms with Crippen molar-refractivity contribution >= 4 is 23.1 Å². The molecule has 0 saturated carbocycles. The van der Waals surface area contributed by atoms with Crippen LogP contribution in [0.5, 0.6) is 5.75 Å². The van der Waals surface area contributed by atoms with E-state index in [0.717, 1.165) is 22.6 Å². The molecule has 32 heavy (non-hydrogen) atoms. The summed E-state index contributed by atoms with van der Waals surface area (Å²) in [4.78, 5) is 29.6. The van der Waals surface area contributed by atoms with Crippen molar-refractivity contribution in [2.24, 2.45) is 13.0 Å². The molecule has 1 atom stereocenters. The Morgan fingerprint density at radius 2 is 2.03 bits per heavy atom. The standard InChI is InChI=1S/C24H25N3O5/c1-27-18-12-15(24(30)31-2)13-19(29)21(18)22(26-16-6-4-3-5-7-16)23(27)17-8-9-25-14-20(17)32-11-10-28/h3-9,14-15,26,28H,10-13H2,1-2H3. The number of aliphatic hydroxyl groups is 1. The Kier molecular flexibility index (Phi) is 6.23. The number of benzene rings is 1. The van der Waals surface area contributed by atoms with Crippen molar-refractivity contribution in [3.8, 4) is 17.0 Å². The molecule has 166 valence electrons. The number of Topliss-reactive ketones (excluding diaryl/α,β-unsaturated/α-hetero) is 1. The highest BCUT2D eigenvalue weighted by Crippen LogP contribution is 2.44. The molecule has 1 aliphatic rings. The van der Waals surface area contributed by atoms with Crippen molar-refractivity contribution in [3.63, 3.8) is 0 Å². The molecule has 2 N–H and O–H groups in total. The normalized spacial score (nSPS) is 15.2. The number of hydrogen-bond donors (Lipinski definition) is 2. The highest BCUT2D eigenvalue weighted by atomic mass is 16.5. The largest absolute Gasteiger partial charge is 0.489 e. The fourth-order valence-corrected chi connectivity index (χ4v) is 4.19. The van der Waals surface area contributed by atoms with Gasteiger partial charge in [-0.15, -0.1) is 0 Å². The van der Waals surface area contributed by atoms with Crippen LogP contribution < -0.4 is 10.1 Å². The fraction of sp³-hybridized carbons (Fsp3) is 0.292. The van der Waals surface area contributed by atoms with E-state index >= 15 is 0 Å². The van der Waals surface area contributed by atoms with Gasteiger partial charge in [0.2, 0.25) is 0 Å². The Bertz CT molecular complexity index is 1140. The molecule has 1 aromatic carbocycles. The minimum absolute atomic E-state index is 0.0941. The van der Waals surface area contributed by atoms with Gasteiger partial charge in [0, 0.05) is 43.0 Å². The van der Waals surface area contributed by atoms with Crippen LogP contribution in [0.15, 0.2) is 48.8 Å². The molecule has 0 radical (unpaired) electrons. The summed E-state index contributed by atoms with van der Waals surface area (Å²) in [6, 6.07) is 11.4. The van der Waals surface area contributed by atoms with Gasteiger partial charge >= 0.3 is 5.97 Å². The van der Waals surface area contributed by atoms with Crippen LogP contribution in [0.1, 0.15) is 22.5 Å². The van der Waals surface area contributed by atoms with Crippen molar-refractivity contribution < 1.29 is 24.2 Å². The molecule has 2 heterocycles. The number of carbonyl (C=O) groups is 2. The van der Waals surface area contributed by atoms with Crippen LogP contribution in [0.4, 0.5) is 11.4 Å². The van der Waals surface area contributed by atoms with Crippen molar-refractivity contribution in [3.05, 3.63) is 60.0 Å². The number of pyridine rings is 1. The van der Waals surface area contributed by atoms with Crippen LogP contribution in [-0.2, 0) is 23.0 Å². The van der Waals surface area contributed by atoms with Gasteiger partial charge in [-0.3, -0.25) is 14.6 Å².